The predicted molar refractivity (Wildman–Crippen MR) is 85.5 cm³/mol. The number of benzene rings is 1. The van der Waals surface area contributed by atoms with Crippen molar-refractivity contribution in [1.29, 1.82) is 0 Å². The van der Waals surface area contributed by atoms with Gasteiger partial charge in [-0.15, -0.1) is 0 Å². The van der Waals surface area contributed by atoms with Crippen molar-refractivity contribution in [1.82, 2.24) is 0 Å². The summed E-state index contributed by atoms with van der Waals surface area (Å²) < 4.78 is 22.8. The van der Waals surface area contributed by atoms with Crippen molar-refractivity contribution < 1.29 is 23.8 Å². The lowest BCUT2D eigenvalue weighted by Crippen LogP contribution is -2.23. The lowest BCUT2D eigenvalue weighted by Gasteiger charge is -2.13. The summed E-state index contributed by atoms with van der Waals surface area (Å²) in [6.07, 6.45) is 0. The molecule has 0 heterocycles. The molecule has 0 aliphatic carbocycles. The molecular formula is C14H15ClFNO4S. The normalized spacial score (nSPS) is 11.5. The highest BCUT2D eigenvalue weighted by atomic mass is 35.5. The number of ether oxygens (including phenoxy) is 2. The van der Waals surface area contributed by atoms with Crippen molar-refractivity contribution >= 4 is 40.5 Å². The fourth-order valence-electron chi connectivity index (χ4n) is 1.46. The van der Waals surface area contributed by atoms with Gasteiger partial charge in [0.15, 0.2) is 5.57 Å². The maximum atomic E-state index is 13.1. The molecule has 0 atom stereocenters. The summed E-state index contributed by atoms with van der Waals surface area (Å²) in [5.74, 6) is -2.07. The van der Waals surface area contributed by atoms with Crippen molar-refractivity contribution in [2.24, 2.45) is 0 Å². The molecule has 120 valence electrons. The second-order valence-corrected chi connectivity index (χ2v) is 4.73. The van der Waals surface area contributed by atoms with Gasteiger partial charge in [0.1, 0.15) is 10.8 Å². The first kappa shape index (κ1) is 18.2. The number of nitrogens with one attached hydrogen (secondary N) is 1. The van der Waals surface area contributed by atoms with Crippen molar-refractivity contribution in [2.45, 2.75) is 13.8 Å². The molecule has 0 fully saturated rings. The van der Waals surface area contributed by atoms with E-state index in [1.807, 2.05) is 0 Å². The third-order valence-corrected chi connectivity index (χ3v) is 2.97. The summed E-state index contributed by atoms with van der Waals surface area (Å²) in [5, 5.41) is 12.4. The summed E-state index contributed by atoms with van der Waals surface area (Å²) in [4.78, 5) is 11.7. The number of carbonyl (C=O) groups excluding carboxylic acids is 1. The highest BCUT2D eigenvalue weighted by Crippen LogP contribution is 2.20. The highest BCUT2D eigenvalue weighted by Gasteiger charge is 2.23. The van der Waals surface area contributed by atoms with Crippen LogP contribution in [0.5, 0.6) is 0 Å². The number of hydrogen-bond donors (Lipinski definition) is 2. The Morgan fingerprint density at radius 2 is 2.00 bits per heavy atom. The zero-order chi connectivity index (χ0) is 16.7. The Morgan fingerprint density at radius 3 is 2.55 bits per heavy atom. The minimum Gasteiger partial charge on any atom is -0.480 e. The standard InChI is InChI=1S/C14H15ClFNO4S/c1-3-20-13(18)11(14(19)21-4-2)12(22)17-8-5-6-10(16)9(15)7-8/h5-7,18H,3-4H2,1-2H3,(H,17,22)/b13-11+. The maximum absolute atomic E-state index is 13.1. The number of thiocarbonyl (C=S) groups is 1. The highest BCUT2D eigenvalue weighted by molar-refractivity contribution is 7.81. The zero-order valence-electron chi connectivity index (χ0n) is 12.0. The van der Waals surface area contributed by atoms with Crippen LogP contribution in [0.4, 0.5) is 10.1 Å². The molecule has 1 rings (SSSR count). The molecule has 8 heteroatoms. The molecule has 1 aromatic carbocycles. The molecule has 0 spiro atoms. The fourth-order valence-corrected chi connectivity index (χ4v) is 1.93. The molecule has 0 aromatic heterocycles. The molecule has 0 aliphatic heterocycles. The lowest BCUT2D eigenvalue weighted by atomic mass is 10.2. The van der Waals surface area contributed by atoms with Gasteiger partial charge in [-0.3, -0.25) is 0 Å². The molecule has 0 saturated heterocycles. The van der Waals surface area contributed by atoms with Crippen LogP contribution in [-0.4, -0.2) is 29.3 Å². The molecule has 0 bridgehead atoms. The van der Waals surface area contributed by atoms with Gasteiger partial charge in [0.25, 0.3) is 5.95 Å². The maximum Gasteiger partial charge on any atom is 0.348 e. The van der Waals surface area contributed by atoms with E-state index in [2.05, 4.69) is 5.32 Å². The third-order valence-electron chi connectivity index (χ3n) is 2.38. The Kier molecular flexibility index (Phi) is 7.07. The Balaban J connectivity index is 3.04. The molecular weight excluding hydrogens is 333 g/mol. The summed E-state index contributed by atoms with van der Waals surface area (Å²) in [6.45, 7) is 3.49. The molecule has 5 nitrogen and oxygen atoms in total. The van der Waals surface area contributed by atoms with Crippen LogP contribution in [0.15, 0.2) is 29.7 Å². The molecule has 0 unspecified atom stereocenters. The minimum atomic E-state index is -0.834. The molecule has 1 aromatic rings. The summed E-state index contributed by atoms with van der Waals surface area (Å²) in [6, 6.07) is 3.82. The third kappa shape index (κ3) is 4.85. The Bertz CT molecular complexity index is 607. The van der Waals surface area contributed by atoms with Crippen molar-refractivity contribution in [3.05, 3.63) is 40.6 Å². The second kappa shape index (κ2) is 8.55. The van der Waals surface area contributed by atoms with Gasteiger partial charge in [0, 0.05) is 5.69 Å². The molecule has 0 saturated carbocycles. The first-order valence-electron chi connectivity index (χ1n) is 6.40. The van der Waals surface area contributed by atoms with E-state index in [0.29, 0.717) is 5.69 Å². The summed E-state index contributed by atoms with van der Waals surface area (Å²) in [7, 11) is 0. The fraction of sp³-hybridized carbons (Fsp3) is 0.286. The number of aliphatic hydroxyl groups excluding tert-OH is 1. The minimum absolute atomic E-state index is 0.104. The number of halogens is 2. The van der Waals surface area contributed by atoms with E-state index in [4.69, 9.17) is 33.3 Å². The van der Waals surface area contributed by atoms with Crippen LogP contribution in [-0.2, 0) is 14.3 Å². The predicted octanol–water partition coefficient (Wildman–Crippen LogP) is 3.59. The average molecular weight is 348 g/mol. The number of carbonyl (C=O) groups is 1. The molecule has 2 N–H and O–H groups in total. The van der Waals surface area contributed by atoms with Crippen molar-refractivity contribution in [3.63, 3.8) is 0 Å². The summed E-state index contributed by atoms with van der Waals surface area (Å²) in [5.41, 5.74) is 0.0293. The van der Waals surface area contributed by atoms with Crippen LogP contribution in [0.1, 0.15) is 13.8 Å². The Labute approximate surface area is 137 Å². The van der Waals surface area contributed by atoms with Gasteiger partial charge in [-0.25, -0.2) is 9.18 Å². The van der Waals surface area contributed by atoms with E-state index in [1.54, 1.807) is 13.8 Å². The number of rotatable bonds is 6. The monoisotopic (exact) mass is 347 g/mol. The zero-order valence-corrected chi connectivity index (χ0v) is 13.6. The first-order chi connectivity index (χ1) is 10.4. The van der Waals surface area contributed by atoms with Crippen molar-refractivity contribution in [2.75, 3.05) is 18.5 Å². The summed E-state index contributed by atoms with van der Waals surface area (Å²) >= 11 is 10.7. The SMILES string of the molecule is CCOC(=O)/C(C(=S)Nc1ccc(F)c(Cl)c1)=C(\O)OCC. The number of esters is 1. The molecule has 0 radical (unpaired) electrons. The molecule has 0 aliphatic rings. The average Bonchev–Trinajstić information content (AvgIpc) is 2.43. The van der Waals surface area contributed by atoms with Gasteiger partial charge in [-0.05, 0) is 32.0 Å². The largest absolute Gasteiger partial charge is 0.480 e. The smallest absolute Gasteiger partial charge is 0.348 e. The number of anilines is 1. The topological polar surface area (TPSA) is 67.8 Å². The van der Waals surface area contributed by atoms with E-state index in [0.717, 1.165) is 6.07 Å². The van der Waals surface area contributed by atoms with Crippen molar-refractivity contribution in [3.8, 4) is 0 Å². The second-order valence-electron chi connectivity index (χ2n) is 3.92. The van der Waals surface area contributed by atoms with Crippen LogP contribution in [0, 0.1) is 5.82 Å². The molecule has 22 heavy (non-hydrogen) atoms. The van der Waals surface area contributed by atoms with Crippen LogP contribution in [0.2, 0.25) is 5.02 Å². The van der Waals surface area contributed by atoms with Gasteiger partial charge in [0.05, 0.1) is 18.2 Å². The number of aliphatic hydroxyl groups is 1. The first-order valence-corrected chi connectivity index (χ1v) is 7.18. The van der Waals surface area contributed by atoms with Crippen LogP contribution >= 0.6 is 23.8 Å². The van der Waals surface area contributed by atoms with Crippen LogP contribution in [0.3, 0.4) is 0 Å². The van der Waals surface area contributed by atoms with Gasteiger partial charge in [-0.1, -0.05) is 23.8 Å². The van der Waals surface area contributed by atoms with Crippen LogP contribution in [0.25, 0.3) is 0 Å². The van der Waals surface area contributed by atoms with E-state index in [9.17, 15) is 14.3 Å². The molecule has 0 amide bonds. The number of hydrogen-bond acceptors (Lipinski definition) is 5. The van der Waals surface area contributed by atoms with E-state index in [1.165, 1.54) is 12.1 Å². The Hall–Kier alpha value is -1.86. The van der Waals surface area contributed by atoms with Gasteiger partial charge < -0.3 is 19.9 Å². The van der Waals surface area contributed by atoms with E-state index >= 15 is 0 Å². The Morgan fingerprint density at radius 1 is 1.36 bits per heavy atom. The van der Waals surface area contributed by atoms with E-state index in [-0.39, 0.29) is 28.8 Å². The quantitative estimate of drug-likeness (QED) is 0.355. The van der Waals surface area contributed by atoms with Crippen LogP contribution < -0.4 is 5.32 Å². The van der Waals surface area contributed by atoms with E-state index < -0.39 is 17.7 Å². The van der Waals surface area contributed by atoms with Gasteiger partial charge in [0.2, 0.25) is 0 Å². The lowest BCUT2D eigenvalue weighted by molar-refractivity contribution is -0.138. The van der Waals surface area contributed by atoms with Gasteiger partial charge >= 0.3 is 5.97 Å². The van der Waals surface area contributed by atoms with Gasteiger partial charge in [-0.2, -0.15) is 0 Å².